The second-order valence-corrected chi connectivity index (χ2v) is 33.7. The molecule has 0 radical (unpaired) electrons. The summed E-state index contributed by atoms with van der Waals surface area (Å²) in [5.41, 5.74) is 5.40. The summed E-state index contributed by atoms with van der Waals surface area (Å²) in [4.78, 5) is 35.4. The number of hydrogen-bond donors (Lipinski definition) is 0. The summed E-state index contributed by atoms with van der Waals surface area (Å²) < 4.78 is 249. The molecule has 0 saturated carbocycles. The molecule has 0 spiro atoms. The standard InChI is InChI=1S/C106H89BN10/c1-103(2,3)72-49-55-90(82(62-72)101-110-97(66-33-17-13-18-34-66)108-98(111-101)67-35-19-14-20-36-67)116-92-64-76(114-86-45-29-25-41-78(86)79-42-26-30-46-87(79)114)51-53-84(92)107-85-54-52-77(115-88-47-31-27-43-80(88)81-44-28-32-48-89(81)115)65-93(85)117(95-60-71(59-94(116)96(95)107)70-57-74(105(7,8)9)61-75(58-70)106(10,11)12)91-56-50-73(104(4,5)6)63-83(91)102-112-99(68-37-21-15-22-38-68)109-100(113-102)69-39-23-16-24-40-69/h13-65H,1-12H3/i13D,14D,17D,18D,19D,20D,25D,26D,27D,28D,29D,30D,31D,32D,33D,34D,35D,36D,41D,42D,43D,44D,45D,46D,47D,48D. The molecule has 11 heteroatoms. The predicted octanol–water partition coefficient (Wildman–Crippen LogP) is 25.2. The van der Waals surface area contributed by atoms with Crippen molar-refractivity contribution in [2.45, 2.75) is 105 Å². The minimum Gasteiger partial charge on any atom is -0.311 e. The number of nitrogens with zero attached hydrogens (tertiary/aromatic N) is 10. The molecule has 0 aliphatic carbocycles. The average Bonchev–Trinajstić information content (AvgIpc) is 1.53. The molecule has 14 aromatic carbocycles. The Kier molecular flexibility index (Phi) is 11.6. The van der Waals surface area contributed by atoms with Gasteiger partial charge < -0.3 is 18.9 Å². The fraction of sp³-hybridized carbons (Fsp3) is 0.151. The van der Waals surface area contributed by atoms with Gasteiger partial charge in [0.2, 0.25) is 0 Å². The lowest BCUT2D eigenvalue weighted by molar-refractivity contribution is 0.569. The highest BCUT2D eigenvalue weighted by atomic mass is 15.2. The Bertz CT molecular complexity index is 8070. The number of anilines is 6. The van der Waals surface area contributed by atoms with Crippen molar-refractivity contribution in [3.05, 3.63) is 343 Å². The van der Waals surface area contributed by atoms with Gasteiger partial charge in [-0.15, -0.1) is 0 Å². The van der Waals surface area contributed by atoms with Gasteiger partial charge in [-0.3, -0.25) is 0 Å². The number of rotatable bonds is 11. The summed E-state index contributed by atoms with van der Waals surface area (Å²) in [6, 6.07) is 33.6. The first-order valence-electron chi connectivity index (χ1n) is 51.6. The smallest absolute Gasteiger partial charge is 0.252 e. The summed E-state index contributed by atoms with van der Waals surface area (Å²) in [7, 11) is 0. The van der Waals surface area contributed by atoms with Gasteiger partial charge in [0.1, 0.15) is 0 Å². The highest BCUT2D eigenvalue weighted by Gasteiger charge is 2.46. The van der Waals surface area contributed by atoms with Gasteiger partial charge in [-0.2, -0.15) is 0 Å². The van der Waals surface area contributed by atoms with Crippen LogP contribution < -0.4 is 26.2 Å². The normalized spacial score (nSPS) is 16.0. The van der Waals surface area contributed by atoms with E-state index in [4.69, 9.17) is 38.1 Å². The molecule has 0 unspecified atom stereocenters. The van der Waals surface area contributed by atoms with Gasteiger partial charge in [-0.1, -0.05) is 319 Å². The van der Waals surface area contributed by atoms with Crippen LogP contribution in [0.25, 0.3) is 134 Å². The molecule has 20 rings (SSSR count). The Balaban J connectivity index is 1.02. The summed E-state index contributed by atoms with van der Waals surface area (Å²) in [5.74, 6) is -0.712. The van der Waals surface area contributed by atoms with Crippen molar-refractivity contribution >= 4 is 101 Å². The van der Waals surface area contributed by atoms with Crippen LogP contribution in [0.3, 0.4) is 0 Å². The first-order valence-corrected chi connectivity index (χ1v) is 38.6. The van der Waals surface area contributed by atoms with E-state index in [1.807, 2.05) is 135 Å². The first kappa shape index (κ1) is 49.2. The molecule has 2 aliphatic rings. The number of benzene rings is 14. The Labute approximate surface area is 721 Å². The van der Waals surface area contributed by atoms with Gasteiger partial charge in [0.15, 0.2) is 34.9 Å². The summed E-state index contributed by atoms with van der Waals surface area (Å²) >= 11 is 0. The van der Waals surface area contributed by atoms with E-state index in [1.54, 1.807) is 30.3 Å². The van der Waals surface area contributed by atoms with Crippen molar-refractivity contribution < 1.29 is 35.6 Å². The van der Waals surface area contributed by atoms with Gasteiger partial charge >= 0.3 is 0 Å². The Morgan fingerprint density at radius 2 is 0.581 bits per heavy atom. The SMILES string of the molecule is [2H]c1c([2H])c([2H])c(-c2nc(-c3cc(C(C)(C)C)ccc3N3c4cc(-n5c6c([2H])c([2H])c([2H])c([2H])c6c6c([2H])c([2H])c([2H])c([2H])c65)ccc4B4c5ccc(-n6c7c([2H])c([2H])c([2H])c([2H])c7c7c([2H])c([2H])c([2H])c([2H])c76)cc5N(c5ccc(C(C)(C)C)cc5-c5nc(-c6ccccc6)nc(-c6ccccc6)n5)c5cc(-c6cc(C(C)(C)C)cc(C(C)(C)C)c6)cc3c54)nc(-c3c([2H])c([2H])c([2H])c([2H])c3[2H])n2)c([2H])c1[2H]. The van der Waals surface area contributed by atoms with Crippen LogP contribution in [0.4, 0.5) is 34.1 Å². The van der Waals surface area contributed by atoms with Gasteiger partial charge in [0.05, 0.1) is 69.1 Å². The van der Waals surface area contributed by atoms with Crippen molar-refractivity contribution in [2.75, 3.05) is 9.80 Å². The lowest BCUT2D eigenvalue weighted by Gasteiger charge is -2.45. The van der Waals surface area contributed by atoms with Gasteiger partial charge in [-0.05, 0) is 156 Å². The summed E-state index contributed by atoms with van der Waals surface area (Å²) in [6.07, 6.45) is 0. The van der Waals surface area contributed by atoms with Crippen molar-refractivity contribution in [1.82, 2.24) is 39.0 Å². The molecule has 117 heavy (non-hydrogen) atoms. The monoisotopic (exact) mass is 1540 g/mol. The summed E-state index contributed by atoms with van der Waals surface area (Å²) in [5, 5.41) is -0.839. The number of aromatic nitrogens is 8. The molecule has 2 aliphatic heterocycles. The maximum absolute atomic E-state index is 10.0. The molecular weight excluding hydrogens is 1420 g/mol. The highest BCUT2D eigenvalue weighted by Crippen LogP contribution is 2.53. The lowest BCUT2D eigenvalue weighted by atomic mass is 9.33. The summed E-state index contributed by atoms with van der Waals surface area (Å²) in [6.45, 7) is 23.7. The van der Waals surface area contributed by atoms with Crippen LogP contribution in [0.5, 0.6) is 0 Å². The van der Waals surface area contributed by atoms with Crippen LogP contribution >= 0.6 is 0 Å². The molecule has 0 fully saturated rings. The van der Waals surface area contributed by atoms with E-state index in [0.29, 0.717) is 84.2 Å². The molecule has 0 bridgehead atoms. The van der Waals surface area contributed by atoms with Crippen LogP contribution in [-0.2, 0) is 21.7 Å². The quantitative estimate of drug-likeness (QED) is 0.118. The van der Waals surface area contributed by atoms with Gasteiger partial charge in [0, 0.05) is 89.0 Å². The maximum atomic E-state index is 10.0. The zero-order valence-electron chi connectivity index (χ0n) is 92.1. The van der Waals surface area contributed by atoms with Crippen LogP contribution in [-0.4, -0.2) is 45.8 Å². The van der Waals surface area contributed by atoms with E-state index in [9.17, 15) is 27.4 Å². The Morgan fingerprint density at radius 1 is 0.256 bits per heavy atom. The molecule has 566 valence electrons. The van der Waals surface area contributed by atoms with E-state index in [1.165, 1.54) is 9.13 Å². The predicted molar refractivity (Wildman–Crippen MR) is 489 cm³/mol. The van der Waals surface area contributed by atoms with E-state index in [-0.39, 0.29) is 83.6 Å². The number of fused-ring (bicyclic) bond motifs is 10. The minimum atomic E-state index is -1.09. The van der Waals surface area contributed by atoms with Crippen LogP contribution in [0, 0.1) is 0 Å². The largest absolute Gasteiger partial charge is 0.311 e. The first-order chi connectivity index (χ1) is 67.3. The molecule has 0 saturated heterocycles. The Morgan fingerprint density at radius 3 is 0.940 bits per heavy atom. The molecule has 10 nitrogen and oxygen atoms in total. The zero-order chi connectivity index (χ0) is 103. The van der Waals surface area contributed by atoms with Crippen molar-refractivity contribution in [1.29, 1.82) is 0 Å². The Hall–Kier alpha value is -13.6. The fourth-order valence-corrected chi connectivity index (χ4v) is 16.1. The third-order valence-corrected chi connectivity index (χ3v) is 22.1. The third-order valence-electron chi connectivity index (χ3n) is 22.1. The fourth-order valence-electron chi connectivity index (χ4n) is 16.1. The molecular formula is C106H89BN10. The van der Waals surface area contributed by atoms with Gasteiger partial charge in [0.25, 0.3) is 6.71 Å². The van der Waals surface area contributed by atoms with E-state index >= 15 is 0 Å². The highest BCUT2D eigenvalue weighted by molar-refractivity contribution is 7.00. The van der Waals surface area contributed by atoms with Crippen molar-refractivity contribution in [2.24, 2.45) is 0 Å². The van der Waals surface area contributed by atoms with Crippen LogP contribution in [0.2, 0.25) is 0 Å². The molecule has 4 aromatic heterocycles. The van der Waals surface area contributed by atoms with Crippen LogP contribution in [0.1, 0.15) is 141 Å². The van der Waals surface area contributed by atoms with Gasteiger partial charge in [-0.25, -0.2) is 29.9 Å². The van der Waals surface area contributed by atoms with E-state index in [0.717, 1.165) is 16.7 Å². The second-order valence-electron chi connectivity index (χ2n) is 33.7. The van der Waals surface area contributed by atoms with Crippen LogP contribution in [0.15, 0.2) is 321 Å². The number of para-hydroxylation sites is 4. The second kappa shape index (κ2) is 27.6. The van der Waals surface area contributed by atoms with E-state index < -0.39 is 208 Å². The number of hydrogen-bond acceptors (Lipinski definition) is 8. The zero-order valence-corrected chi connectivity index (χ0v) is 66.1. The molecule has 0 N–H and O–H groups in total. The average molecular weight is 1540 g/mol. The molecule has 0 amide bonds. The maximum Gasteiger partial charge on any atom is 0.252 e. The molecule has 18 aromatic rings. The van der Waals surface area contributed by atoms with Crippen molar-refractivity contribution in [3.63, 3.8) is 0 Å². The molecule has 6 heterocycles. The van der Waals surface area contributed by atoms with Crippen molar-refractivity contribution in [3.8, 4) is 90.8 Å². The lowest BCUT2D eigenvalue weighted by Crippen LogP contribution is -2.61. The third kappa shape index (κ3) is 12.6. The minimum absolute atomic E-state index is 0.0653. The topological polar surface area (TPSA) is 93.7 Å². The van der Waals surface area contributed by atoms with E-state index in [2.05, 4.69) is 91.5 Å². The molecule has 0 atom stereocenters.